The maximum Gasteiger partial charge on any atom is 0.163 e. The Balaban J connectivity index is 1.62. The lowest BCUT2D eigenvalue weighted by atomic mass is 10.1. The number of hydrogen-bond donors (Lipinski definition) is 0. The summed E-state index contributed by atoms with van der Waals surface area (Å²) in [5, 5.41) is 0. The molecular formula is C30H40O8. The Bertz CT molecular complexity index is 938. The zero-order valence-corrected chi connectivity index (χ0v) is 22.6. The van der Waals surface area contributed by atoms with E-state index in [2.05, 4.69) is 13.8 Å². The Labute approximate surface area is 225 Å². The van der Waals surface area contributed by atoms with Gasteiger partial charge in [0.25, 0.3) is 0 Å². The summed E-state index contributed by atoms with van der Waals surface area (Å²) in [5.41, 5.74) is 1.22. The molecule has 8 nitrogen and oxygen atoms in total. The van der Waals surface area contributed by atoms with Crippen LogP contribution in [0.3, 0.4) is 0 Å². The normalized spacial score (nSPS) is 15.2. The Morgan fingerprint density at radius 3 is 1.29 bits per heavy atom. The molecule has 0 radical (unpaired) electrons. The molecule has 0 amide bonds. The molecule has 0 unspecified atom stereocenters. The summed E-state index contributed by atoms with van der Waals surface area (Å²) in [4.78, 5) is 25.0. The highest BCUT2D eigenvalue weighted by atomic mass is 16.6. The summed E-state index contributed by atoms with van der Waals surface area (Å²) in [6, 6.07) is 10.5. The van der Waals surface area contributed by atoms with Crippen LogP contribution in [0.15, 0.2) is 36.4 Å². The first kappa shape index (κ1) is 29.5. The molecule has 0 saturated carbocycles. The lowest BCUT2D eigenvalue weighted by Crippen LogP contribution is -2.16. The second kappa shape index (κ2) is 16.7. The van der Waals surface area contributed by atoms with Crippen molar-refractivity contribution in [2.45, 2.75) is 52.4 Å². The van der Waals surface area contributed by atoms with E-state index in [1.54, 1.807) is 36.4 Å². The standard InChI is InChI=1S/C30H40O8/c1-3-5-7-25(31)23-9-11-27-29(21-23)37-19-15-33-14-18-36-28-12-10-24(26(32)8-6-4-2)22-30(28)38-20-16-34-13-17-35-27/h9-12,21-22H,3-8,13-20H2,1-2H3. The Morgan fingerprint density at radius 2 is 0.921 bits per heavy atom. The second-order valence-electron chi connectivity index (χ2n) is 9.00. The van der Waals surface area contributed by atoms with Crippen molar-refractivity contribution < 1.29 is 38.0 Å². The van der Waals surface area contributed by atoms with Gasteiger partial charge in [0.15, 0.2) is 34.6 Å². The largest absolute Gasteiger partial charge is 0.487 e. The first-order valence-corrected chi connectivity index (χ1v) is 13.6. The number of carbonyl (C=O) groups excluding carboxylic acids is 2. The molecule has 0 bridgehead atoms. The van der Waals surface area contributed by atoms with Gasteiger partial charge in [-0.2, -0.15) is 0 Å². The topological polar surface area (TPSA) is 89.5 Å². The summed E-state index contributed by atoms with van der Waals surface area (Å²) in [6.45, 7) is 6.72. The van der Waals surface area contributed by atoms with Crippen molar-refractivity contribution in [3.8, 4) is 23.0 Å². The minimum Gasteiger partial charge on any atom is -0.487 e. The van der Waals surface area contributed by atoms with E-state index in [-0.39, 0.29) is 11.6 Å². The zero-order chi connectivity index (χ0) is 27.0. The molecule has 2 aromatic carbocycles. The molecule has 0 aromatic heterocycles. The number of hydrogen-bond acceptors (Lipinski definition) is 8. The Kier molecular flexibility index (Phi) is 12.9. The molecule has 38 heavy (non-hydrogen) atoms. The number of fused-ring (bicyclic) bond motifs is 2. The third kappa shape index (κ3) is 9.65. The molecule has 1 aliphatic rings. The van der Waals surface area contributed by atoms with Gasteiger partial charge in [-0.25, -0.2) is 0 Å². The van der Waals surface area contributed by atoms with Gasteiger partial charge in [-0.05, 0) is 49.2 Å². The van der Waals surface area contributed by atoms with E-state index in [4.69, 9.17) is 28.4 Å². The van der Waals surface area contributed by atoms with E-state index in [1.165, 1.54) is 0 Å². The average Bonchev–Trinajstić information content (AvgIpc) is 2.93. The summed E-state index contributed by atoms with van der Waals surface area (Å²) < 4.78 is 34.9. The summed E-state index contributed by atoms with van der Waals surface area (Å²) in [5.74, 6) is 2.30. The third-order valence-corrected chi connectivity index (χ3v) is 5.99. The van der Waals surface area contributed by atoms with E-state index in [0.717, 1.165) is 25.7 Å². The van der Waals surface area contributed by atoms with Gasteiger partial charge in [0.2, 0.25) is 0 Å². The molecule has 0 aliphatic carbocycles. The molecule has 0 N–H and O–H groups in total. The monoisotopic (exact) mass is 528 g/mol. The van der Waals surface area contributed by atoms with Gasteiger partial charge in [-0.15, -0.1) is 0 Å². The van der Waals surface area contributed by atoms with Crippen LogP contribution < -0.4 is 18.9 Å². The summed E-state index contributed by atoms with van der Waals surface area (Å²) in [7, 11) is 0. The quantitative estimate of drug-likeness (QED) is 0.404. The van der Waals surface area contributed by atoms with Gasteiger partial charge in [0, 0.05) is 24.0 Å². The third-order valence-electron chi connectivity index (χ3n) is 5.99. The first-order valence-electron chi connectivity index (χ1n) is 13.6. The minimum atomic E-state index is 0.0900. The average molecular weight is 529 g/mol. The maximum atomic E-state index is 12.5. The molecule has 1 aliphatic heterocycles. The molecule has 8 heteroatoms. The molecule has 0 fully saturated rings. The van der Waals surface area contributed by atoms with Gasteiger partial charge in [0.05, 0.1) is 26.4 Å². The molecule has 3 rings (SSSR count). The van der Waals surface area contributed by atoms with Crippen LogP contribution in [0.2, 0.25) is 0 Å². The van der Waals surface area contributed by atoms with Crippen LogP contribution in [0.5, 0.6) is 23.0 Å². The number of benzene rings is 2. The SMILES string of the molecule is CCCCC(=O)c1ccc2c(c1)OCCOCCOc1ccc(C(=O)CCCC)cc1OCCOCCO2. The molecule has 208 valence electrons. The Morgan fingerprint density at radius 1 is 0.553 bits per heavy atom. The number of Topliss-reactive ketones (excluding diaryl/α,β-unsaturated/α-hetero) is 2. The number of ether oxygens (including phenoxy) is 6. The predicted octanol–water partition coefficient (Wildman–Crippen LogP) is 5.69. The fourth-order valence-electron chi connectivity index (χ4n) is 3.84. The molecule has 0 atom stereocenters. The van der Waals surface area contributed by atoms with Crippen LogP contribution in [0.1, 0.15) is 73.1 Å². The van der Waals surface area contributed by atoms with Crippen molar-refractivity contribution in [2.75, 3.05) is 52.9 Å². The van der Waals surface area contributed by atoms with Gasteiger partial charge >= 0.3 is 0 Å². The van der Waals surface area contributed by atoms with Crippen molar-refractivity contribution in [1.82, 2.24) is 0 Å². The van der Waals surface area contributed by atoms with Gasteiger partial charge < -0.3 is 28.4 Å². The van der Waals surface area contributed by atoms with E-state index in [0.29, 0.717) is 99.8 Å². The second-order valence-corrected chi connectivity index (χ2v) is 9.00. The van der Waals surface area contributed by atoms with Gasteiger partial charge in [-0.1, -0.05) is 26.7 Å². The molecule has 0 saturated heterocycles. The minimum absolute atomic E-state index is 0.0900. The van der Waals surface area contributed by atoms with Crippen molar-refractivity contribution in [1.29, 1.82) is 0 Å². The van der Waals surface area contributed by atoms with E-state index < -0.39 is 0 Å². The lowest BCUT2D eigenvalue weighted by molar-refractivity contribution is 0.0639. The lowest BCUT2D eigenvalue weighted by Gasteiger charge is -2.16. The number of carbonyl (C=O) groups is 2. The molecule has 2 aromatic rings. The van der Waals surface area contributed by atoms with Crippen LogP contribution in [-0.2, 0) is 9.47 Å². The van der Waals surface area contributed by atoms with Crippen LogP contribution in [0, 0.1) is 0 Å². The maximum absolute atomic E-state index is 12.5. The van der Waals surface area contributed by atoms with Crippen LogP contribution >= 0.6 is 0 Å². The van der Waals surface area contributed by atoms with Crippen LogP contribution in [0.25, 0.3) is 0 Å². The highest BCUT2D eigenvalue weighted by Gasteiger charge is 2.14. The van der Waals surface area contributed by atoms with Crippen molar-refractivity contribution in [3.05, 3.63) is 47.5 Å². The van der Waals surface area contributed by atoms with Gasteiger partial charge in [-0.3, -0.25) is 9.59 Å². The molecule has 0 spiro atoms. The highest BCUT2D eigenvalue weighted by molar-refractivity contribution is 5.97. The Hall–Kier alpha value is -3.10. The van der Waals surface area contributed by atoms with Crippen LogP contribution in [-0.4, -0.2) is 64.4 Å². The number of unbranched alkanes of at least 4 members (excludes halogenated alkanes) is 2. The summed E-state index contributed by atoms with van der Waals surface area (Å²) >= 11 is 0. The highest BCUT2D eigenvalue weighted by Crippen LogP contribution is 2.30. The smallest absolute Gasteiger partial charge is 0.163 e. The molecular weight excluding hydrogens is 488 g/mol. The van der Waals surface area contributed by atoms with Crippen molar-refractivity contribution in [3.63, 3.8) is 0 Å². The van der Waals surface area contributed by atoms with E-state index >= 15 is 0 Å². The fraction of sp³-hybridized carbons (Fsp3) is 0.533. The summed E-state index contributed by atoms with van der Waals surface area (Å²) in [6.07, 6.45) is 4.66. The van der Waals surface area contributed by atoms with Crippen molar-refractivity contribution >= 4 is 11.6 Å². The fourth-order valence-corrected chi connectivity index (χ4v) is 3.84. The molecule has 1 heterocycles. The van der Waals surface area contributed by atoms with E-state index in [9.17, 15) is 9.59 Å². The van der Waals surface area contributed by atoms with Crippen molar-refractivity contribution in [2.24, 2.45) is 0 Å². The van der Waals surface area contributed by atoms with Gasteiger partial charge in [0.1, 0.15) is 26.4 Å². The zero-order valence-electron chi connectivity index (χ0n) is 22.6. The number of rotatable bonds is 8. The van der Waals surface area contributed by atoms with Crippen LogP contribution in [0.4, 0.5) is 0 Å². The first-order chi connectivity index (χ1) is 18.6. The predicted molar refractivity (Wildman–Crippen MR) is 144 cm³/mol. The van der Waals surface area contributed by atoms with E-state index in [1.807, 2.05) is 0 Å². The number of ketones is 2.